The van der Waals surface area contributed by atoms with Crippen molar-refractivity contribution in [3.63, 3.8) is 0 Å². The van der Waals surface area contributed by atoms with E-state index in [4.69, 9.17) is 16.3 Å². The summed E-state index contributed by atoms with van der Waals surface area (Å²) < 4.78 is 6.44. The summed E-state index contributed by atoms with van der Waals surface area (Å²) in [5, 5.41) is 12.2. The van der Waals surface area contributed by atoms with E-state index in [0.29, 0.717) is 39.2 Å². The Balaban J connectivity index is 1.69. The maximum Gasteiger partial charge on any atom is 0.301 e. The van der Waals surface area contributed by atoms with Crippen LogP contribution in [0.25, 0.3) is 16.0 Å². The second kappa shape index (κ2) is 9.89. The third-order valence-electron chi connectivity index (χ3n) is 6.52. The lowest BCUT2D eigenvalue weighted by Gasteiger charge is -2.24. The molecule has 8 heteroatoms. The van der Waals surface area contributed by atoms with Gasteiger partial charge in [-0.2, -0.15) is 0 Å². The summed E-state index contributed by atoms with van der Waals surface area (Å²) in [7, 11) is 0. The smallest absolute Gasteiger partial charge is 0.301 e. The number of benzene rings is 3. The molecule has 0 radical (unpaired) electrons. The first-order valence-corrected chi connectivity index (χ1v) is 13.5. The summed E-state index contributed by atoms with van der Waals surface area (Å²) in [6, 6.07) is 19.0. The number of thiazole rings is 1. The number of hydrogen-bond acceptors (Lipinski definition) is 6. The zero-order chi connectivity index (χ0) is 27.2. The molecular weight excluding hydrogens is 520 g/mol. The first kappa shape index (κ1) is 25.9. The molecule has 0 aliphatic carbocycles. The number of ketones is 1. The number of rotatable bonds is 5. The van der Waals surface area contributed by atoms with Crippen molar-refractivity contribution in [1.82, 2.24) is 4.98 Å². The molecule has 194 valence electrons. The van der Waals surface area contributed by atoms with Gasteiger partial charge in [-0.15, -0.1) is 0 Å². The molecule has 0 spiro atoms. The van der Waals surface area contributed by atoms with Crippen LogP contribution in [0.4, 0.5) is 5.13 Å². The highest BCUT2D eigenvalue weighted by Crippen LogP contribution is 2.45. The number of amides is 1. The molecule has 1 atom stereocenters. The first-order chi connectivity index (χ1) is 18.1. The fourth-order valence-corrected chi connectivity index (χ4v) is 5.67. The minimum Gasteiger partial charge on any atom is -0.507 e. The van der Waals surface area contributed by atoms with Crippen LogP contribution >= 0.6 is 22.9 Å². The molecule has 3 aromatic carbocycles. The number of carbonyl (C=O) groups excluding carboxylic acids is 2. The Morgan fingerprint density at radius 2 is 1.74 bits per heavy atom. The van der Waals surface area contributed by atoms with Gasteiger partial charge in [0.15, 0.2) is 5.13 Å². The summed E-state index contributed by atoms with van der Waals surface area (Å²) in [5.74, 6) is -1.06. The van der Waals surface area contributed by atoms with Crippen molar-refractivity contribution in [3.8, 4) is 5.75 Å². The quantitative estimate of drug-likeness (QED) is 0.162. The molecule has 1 fully saturated rings. The van der Waals surface area contributed by atoms with Crippen LogP contribution in [-0.4, -0.2) is 28.4 Å². The lowest BCUT2D eigenvalue weighted by molar-refractivity contribution is -0.132. The van der Waals surface area contributed by atoms with Crippen LogP contribution in [0.2, 0.25) is 5.02 Å². The van der Waals surface area contributed by atoms with Crippen LogP contribution in [0.15, 0.2) is 72.3 Å². The highest BCUT2D eigenvalue weighted by atomic mass is 35.5. The molecule has 1 unspecified atom stereocenters. The van der Waals surface area contributed by atoms with Gasteiger partial charge < -0.3 is 9.84 Å². The van der Waals surface area contributed by atoms with Crippen molar-refractivity contribution < 1.29 is 19.4 Å². The zero-order valence-electron chi connectivity index (χ0n) is 21.5. The Morgan fingerprint density at radius 1 is 1.05 bits per heavy atom. The minimum atomic E-state index is -0.855. The Morgan fingerprint density at radius 3 is 2.37 bits per heavy atom. The molecule has 1 amide bonds. The molecule has 1 N–H and O–H groups in total. The van der Waals surface area contributed by atoms with Gasteiger partial charge in [-0.05, 0) is 65.9 Å². The summed E-state index contributed by atoms with van der Waals surface area (Å²) in [4.78, 5) is 33.0. The summed E-state index contributed by atoms with van der Waals surface area (Å²) in [6.07, 6.45) is 0. The summed E-state index contributed by atoms with van der Waals surface area (Å²) in [5.41, 5.74) is 2.83. The van der Waals surface area contributed by atoms with E-state index in [9.17, 15) is 14.7 Å². The highest BCUT2D eigenvalue weighted by Gasteiger charge is 2.48. The second-order valence-corrected chi connectivity index (χ2v) is 11.6. The summed E-state index contributed by atoms with van der Waals surface area (Å²) >= 11 is 7.33. The molecule has 1 saturated heterocycles. The zero-order valence-corrected chi connectivity index (χ0v) is 23.1. The monoisotopic (exact) mass is 546 g/mol. The number of hydrogen-bond donors (Lipinski definition) is 1. The van der Waals surface area contributed by atoms with Gasteiger partial charge in [0.05, 0.1) is 28.4 Å². The van der Waals surface area contributed by atoms with E-state index in [0.717, 1.165) is 10.3 Å². The number of ether oxygens (including phenoxy) is 1. The number of aliphatic hydroxyl groups excluding tert-OH is 1. The molecular formula is C30H27ClN2O4S. The summed E-state index contributed by atoms with van der Waals surface area (Å²) in [6.45, 7) is 8.79. The third kappa shape index (κ3) is 4.68. The molecule has 1 aliphatic heterocycles. The maximum absolute atomic E-state index is 13.5. The van der Waals surface area contributed by atoms with Crippen molar-refractivity contribution in [3.05, 3.63) is 94.0 Å². The number of halogens is 1. The number of anilines is 1. The number of aliphatic hydroxyl groups is 1. The van der Waals surface area contributed by atoms with Crippen molar-refractivity contribution in [2.75, 3.05) is 11.5 Å². The Bertz CT molecular complexity index is 1570. The van der Waals surface area contributed by atoms with Crippen LogP contribution in [0.1, 0.15) is 50.4 Å². The highest BCUT2D eigenvalue weighted by molar-refractivity contribution is 7.22. The molecule has 5 rings (SSSR count). The SMILES string of the molecule is CCOc1ccc2nc(N3C(=O)C(=O)C(=C(O)c4ccc(Cl)cc4)C3c3ccc(C(C)(C)C)cc3)sc2c1. The van der Waals surface area contributed by atoms with E-state index in [1.54, 1.807) is 24.3 Å². The molecule has 2 heterocycles. The second-order valence-electron chi connectivity index (χ2n) is 10.1. The van der Waals surface area contributed by atoms with Crippen LogP contribution < -0.4 is 9.64 Å². The molecule has 1 aromatic heterocycles. The maximum atomic E-state index is 13.5. The fourth-order valence-electron chi connectivity index (χ4n) is 4.53. The average Bonchev–Trinajstić information content (AvgIpc) is 3.41. The molecule has 4 aromatic rings. The van der Waals surface area contributed by atoms with Gasteiger partial charge in [-0.25, -0.2) is 4.98 Å². The molecule has 38 heavy (non-hydrogen) atoms. The van der Waals surface area contributed by atoms with Gasteiger partial charge in [0.25, 0.3) is 5.78 Å². The Kier molecular flexibility index (Phi) is 6.75. The van der Waals surface area contributed by atoms with Gasteiger partial charge in [0.1, 0.15) is 11.5 Å². The van der Waals surface area contributed by atoms with Crippen LogP contribution in [0.5, 0.6) is 5.75 Å². The van der Waals surface area contributed by atoms with E-state index in [2.05, 4.69) is 25.8 Å². The average molecular weight is 547 g/mol. The van der Waals surface area contributed by atoms with E-state index < -0.39 is 17.7 Å². The number of carbonyl (C=O) groups is 2. The third-order valence-corrected chi connectivity index (χ3v) is 7.79. The van der Waals surface area contributed by atoms with E-state index >= 15 is 0 Å². The predicted octanol–water partition coefficient (Wildman–Crippen LogP) is 7.27. The van der Waals surface area contributed by atoms with Crippen LogP contribution in [0, 0.1) is 0 Å². The fraction of sp³-hybridized carbons (Fsp3) is 0.233. The lowest BCUT2D eigenvalue weighted by atomic mass is 9.85. The van der Waals surface area contributed by atoms with Crippen LogP contribution in [0.3, 0.4) is 0 Å². The molecule has 0 saturated carbocycles. The number of Topliss-reactive ketones (excluding diaryl/α,β-unsaturated/α-hetero) is 1. The number of nitrogens with zero attached hydrogens (tertiary/aromatic N) is 2. The molecule has 1 aliphatic rings. The largest absolute Gasteiger partial charge is 0.507 e. The number of fused-ring (bicyclic) bond motifs is 1. The van der Waals surface area contributed by atoms with Gasteiger partial charge in [-0.3, -0.25) is 14.5 Å². The molecule has 6 nitrogen and oxygen atoms in total. The van der Waals surface area contributed by atoms with Crippen molar-refractivity contribution in [2.45, 2.75) is 39.2 Å². The van der Waals surface area contributed by atoms with Crippen molar-refractivity contribution in [1.29, 1.82) is 0 Å². The van der Waals surface area contributed by atoms with Crippen molar-refractivity contribution >= 4 is 55.7 Å². The van der Waals surface area contributed by atoms with E-state index in [-0.39, 0.29) is 16.7 Å². The molecule has 0 bridgehead atoms. The van der Waals surface area contributed by atoms with E-state index in [1.165, 1.54) is 16.2 Å². The van der Waals surface area contributed by atoms with Gasteiger partial charge in [0.2, 0.25) is 0 Å². The Hall–Kier alpha value is -3.68. The Labute approximate surface area is 230 Å². The standard InChI is InChI=1S/C30H27ClN2O4S/c1-5-37-21-14-15-22-23(16-21)38-29(32-22)33-25(17-6-10-19(11-7-17)30(2,3)4)24(27(35)28(33)36)26(34)18-8-12-20(31)13-9-18/h6-16,25,34H,5H2,1-4H3. The first-order valence-electron chi connectivity index (χ1n) is 12.3. The van der Waals surface area contributed by atoms with Gasteiger partial charge >= 0.3 is 5.91 Å². The predicted molar refractivity (Wildman–Crippen MR) is 152 cm³/mol. The van der Waals surface area contributed by atoms with Gasteiger partial charge in [-0.1, -0.05) is 68.0 Å². The lowest BCUT2D eigenvalue weighted by Crippen LogP contribution is -2.29. The topological polar surface area (TPSA) is 79.7 Å². The minimum absolute atomic E-state index is 0.00934. The van der Waals surface area contributed by atoms with Crippen LogP contribution in [-0.2, 0) is 15.0 Å². The van der Waals surface area contributed by atoms with E-state index in [1.807, 2.05) is 49.4 Å². The van der Waals surface area contributed by atoms with Crippen molar-refractivity contribution in [2.24, 2.45) is 0 Å². The number of aromatic nitrogens is 1. The van der Waals surface area contributed by atoms with Gasteiger partial charge in [0, 0.05) is 10.6 Å². The normalized spacial score (nSPS) is 17.4.